The summed E-state index contributed by atoms with van der Waals surface area (Å²) in [5, 5.41) is 0. The van der Waals surface area contributed by atoms with Crippen molar-refractivity contribution in [2.45, 2.75) is 4.90 Å². The fourth-order valence-corrected chi connectivity index (χ4v) is 1.60. The second-order valence-corrected chi connectivity index (χ2v) is 3.63. The summed E-state index contributed by atoms with van der Waals surface area (Å²) in [6.45, 7) is 0. The van der Waals surface area contributed by atoms with Gasteiger partial charge in [0.25, 0.3) is 0 Å². The second-order valence-electron chi connectivity index (χ2n) is 1.93. The first kappa shape index (κ1) is 9.47. The molecule has 6 heteroatoms. The maximum Gasteiger partial charge on any atom is 0.313 e. The molecule has 66 valence electrons. The lowest BCUT2D eigenvalue weighted by Crippen LogP contribution is -2.11. The molecule has 0 saturated carbocycles. The highest BCUT2D eigenvalue weighted by Gasteiger charge is 2.13. The minimum Gasteiger partial charge on any atom is -0.192 e. The Morgan fingerprint density at radius 1 is 1.25 bits per heavy atom. The zero-order chi connectivity index (χ0) is 9.03. The molecule has 0 amide bonds. The third-order valence-electron chi connectivity index (χ3n) is 1.17. The Balaban J connectivity index is 2.99. The van der Waals surface area contributed by atoms with Crippen molar-refractivity contribution >= 4 is 21.9 Å². The molecule has 4 nitrogen and oxygen atoms in total. The molecule has 0 atom stereocenters. The molecule has 0 saturated heterocycles. The lowest BCUT2D eigenvalue weighted by atomic mass is 10.4. The van der Waals surface area contributed by atoms with Gasteiger partial charge in [-0.25, -0.2) is 0 Å². The van der Waals surface area contributed by atoms with Gasteiger partial charge in [0.2, 0.25) is 0 Å². The summed E-state index contributed by atoms with van der Waals surface area (Å²) in [5.74, 6) is 0. The quantitative estimate of drug-likeness (QED) is 0.595. The third kappa shape index (κ3) is 2.18. The molecule has 1 rings (SSSR count). The lowest BCUT2D eigenvalue weighted by molar-refractivity contribution is 0.282. The van der Waals surface area contributed by atoms with E-state index in [-0.39, 0.29) is 4.90 Å². The SMILES string of the molecule is O=S(=O)(ONCl)c1ccccc1. The summed E-state index contributed by atoms with van der Waals surface area (Å²) in [7, 11) is -3.75. The highest BCUT2D eigenvalue weighted by Crippen LogP contribution is 2.09. The number of rotatable bonds is 3. The van der Waals surface area contributed by atoms with E-state index in [1.807, 2.05) is 0 Å². The van der Waals surface area contributed by atoms with Crippen molar-refractivity contribution in [2.24, 2.45) is 0 Å². The first-order valence-corrected chi connectivity index (χ1v) is 4.79. The van der Waals surface area contributed by atoms with Crippen LogP contribution in [0.15, 0.2) is 35.2 Å². The largest absolute Gasteiger partial charge is 0.313 e. The fourth-order valence-electron chi connectivity index (χ4n) is 0.677. The van der Waals surface area contributed by atoms with E-state index in [4.69, 9.17) is 11.8 Å². The standard InChI is InChI=1S/C6H6ClNO3S/c7-8-11-12(9,10)6-4-2-1-3-5-6/h1-5,8H. The minimum atomic E-state index is -3.75. The molecule has 1 aromatic rings. The van der Waals surface area contributed by atoms with Crippen LogP contribution < -0.4 is 5.00 Å². The molecule has 12 heavy (non-hydrogen) atoms. The Hall–Kier alpha value is -0.620. The molecular formula is C6H6ClNO3S. The lowest BCUT2D eigenvalue weighted by Gasteiger charge is -2.00. The first-order chi connectivity index (χ1) is 5.67. The van der Waals surface area contributed by atoms with Crippen molar-refractivity contribution in [1.29, 1.82) is 0 Å². The molecule has 0 bridgehead atoms. The monoisotopic (exact) mass is 207 g/mol. The molecule has 0 aliphatic carbocycles. The molecular weight excluding hydrogens is 202 g/mol. The third-order valence-corrected chi connectivity index (χ3v) is 2.49. The highest BCUT2D eigenvalue weighted by molar-refractivity contribution is 7.86. The normalized spacial score (nSPS) is 11.4. The molecule has 0 radical (unpaired) electrons. The Morgan fingerprint density at radius 3 is 2.33 bits per heavy atom. The van der Waals surface area contributed by atoms with Crippen molar-refractivity contribution in [3.63, 3.8) is 0 Å². The average Bonchev–Trinajstić information content (AvgIpc) is 2.06. The van der Waals surface area contributed by atoms with E-state index in [0.29, 0.717) is 0 Å². The topological polar surface area (TPSA) is 55.4 Å². The van der Waals surface area contributed by atoms with Gasteiger partial charge in [-0.05, 0) is 12.1 Å². The molecule has 0 unspecified atom stereocenters. The average molecular weight is 208 g/mol. The highest BCUT2D eigenvalue weighted by atomic mass is 35.5. The van der Waals surface area contributed by atoms with E-state index < -0.39 is 10.1 Å². The van der Waals surface area contributed by atoms with Gasteiger partial charge in [0.1, 0.15) is 0 Å². The van der Waals surface area contributed by atoms with E-state index in [1.165, 1.54) is 12.1 Å². The fraction of sp³-hybridized carbons (Fsp3) is 0. The van der Waals surface area contributed by atoms with Crippen LogP contribution in [-0.2, 0) is 14.4 Å². The molecule has 1 aromatic carbocycles. The van der Waals surface area contributed by atoms with E-state index in [1.54, 1.807) is 23.2 Å². The maximum atomic E-state index is 11.1. The van der Waals surface area contributed by atoms with Gasteiger partial charge in [0.15, 0.2) is 0 Å². The Labute approximate surface area is 75.3 Å². The van der Waals surface area contributed by atoms with E-state index in [0.717, 1.165) is 0 Å². The van der Waals surface area contributed by atoms with Crippen molar-refractivity contribution in [3.05, 3.63) is 30.3 Å². The van der Waals surface area contributed by atoms with Crippen LogP contribution in [0, 0.1) is 0 Å². The zero-order valence-electron chi connectivity index (χ0n) is 5.90. The van der Waals surface area contributed by atoms with Gasteiger partial charge in [-0.15, -0.1) is 0 Å². The summed E-state index contributed by atoms with van der Waals surface area (Å²) in [4.78, 5) is 1.64. The predicted molar refractivity (Wildman–Crippen MR) is 43.7 cm³/mol. The van der Waals surface area contributed by atoms with Gasteiger partial charge in [-0.3, -0.25) is 0 Å². The molecule has 1 N–H and O–H groups in total. The van der Waals surface area contributed by atoms with Crippen LogP contribution in [0.3, 0.4) is 0 Å². The van der Waals surface area contributed by atoms with Crippen molar-refractivity contribution in [1.82, 2.24) is 5.00 Å². The van der Waals surface area contributed by atoms with E-state index in [2.05, 4.69) is 4.28 Å². The van der Waals surface area contributed by atoms with Crippen LogP contribution in [0.25, 0.3) is 0 Å². The summed E-state index contributed by atoms with van der Waals surface area (Å²) in [5.41, 5.74) is 0. The summed E-state index contributed by atoms with van der Waals surface area (Å²) in [6, 6.07) is 7.69. The van der Waals surface area contributed by atoms with Crippen LogP contribution in [-0.4, -0.2) is 8.42 Å². The number of nitrogens with one attached hydrogen (secondary N) is 1. The van der Waals surface area contributed by atoms with Crippen molar-refractivity contribution < 1.29 is 12.7 Å². The Morgan fingerprint density at radius 2 is 1.83 bits per heavy atom. The van der Waals surface area contributed by atoms with E-state index >= 15 is 0 Å². The van der Waals surface area contributed by atoms with E-state index in [9.17, 15) is 8.42 Å². The molecule has 0 heterocycles. The van der Waals surface area contributed by atoms with Gasteiger partial charge >= 0.3 is 10.1 Å². The number of hydrogen-bond acceptors (Lipinski definition) is 4. The van der Waals surface area contributed by atoms with Crippen molar-refractivity contribution in [3.8, 4) is 0 Å². The predicted octanol–water partition coefficient (Wildman–Crippen LogP) is 1.05. The number of halogens is 1. The molecule has 0 aliphatic heterocycles. The summed E-state index contributed by atoms with van der Waals surface area (Å²) < 4.78 is 26.2. The van der Waals surface area contributed by atoms with Gasteiger partial charge in [-0.1, -0.05) is 23.2 Å². The van der Waals surface area contributed by atoms with Crippen LogP contribution >= 0.6 is 11.8 Å². The van der Waals surface area contributed by atoms with Crippen LogP contribution in [0.2, 0.25) is 0 Å². The molecule has 0 aromatic heterocycles. The minimum absolute atomic E-state index is 0.0538. The van der Waals surface area contributed by atoms with Crippen LogP contribution in [0.5, 0.6) is 0 Å². The smallest absolute Gasteiger partial charge is 0.192 e. The summed E-state index contributed by atoms with van der Waals surface area (Å²) >= 11 is 4.88. The number of benzene rings is 1. The van der Waals surface area contributed by atoms with Crippen molar-refractivity contribution in [2.75, 3.05) is 0 Å². The van der Waals surface area contributed by atoms with Gasteiger partial charge in [-0.2, -0.15) is 12.7 Å². The van der Waals surface area contributed by atoms with Gasteiger partial charge < -0.3 is 0 Å². The van der Waals surface area contributed by atoms with Gasteiger partial charge in [0.05, 0.1) is 4.90 Å². The van der Waals surface area contributed by atoms with Crippen LogP contribution in [0.1, 0.15) is 0 Å². The molecule has 0 fully saturated rings. The van der Waals surface area contributed by atoms with Gasteiger partial charge in [0, 0.05) is 11.8 Å². The summed E-state index contributed by atoms with van der Waals surface area (Å²) in [6.07, 6.45) is 0. The Kier molecular flexibility index (Phi) is 3.05. The molecule has 0 spiro atoms. The maximum absolute atomic E-state index is 11.1. The zero-order valence-corrected chi connectivity index (χ0v) is 7.47. The first-order valence-electron chi connectivity index (χ1n) is 3.01. The number of hydrogen-bond donors (Lipinski definition) is 1. The second kappa shape index (κ2) is 3.86. The van der Waals surface area contributed by atoms with Crippen LogP contribution in [0.4, 0.5) is 0 Å². The Bertz CT molecular complexity index is 337. The molecule has 0 aliphatic rings.